The average Bonchev–Trinajstić information content (AvgIpc) is 2.04. The molecule has 0 atom stereocenters. The zero-order chi connectivity index (χ0) is 9.84. The second-order valence-electron chi connectivity index (χ2n) is 2.39. The van der Waals surface area contributed by atoms with E-state index in [1.807, 2.05) is 6.92 Å². The summed E-state index contributed by atoms with van der Waals surface area (Å²) in [5.41, 5.74) is 0.714. The van der Waals surface area contributed by atoms with Gasteiger partial charge in [0.15, 0.2) is 0 Å². The highest BCUT2D eigenvalue weighted by molar-refractivity contribution is 9.10. The second kappa shape index (κ2) is 4.63. The first-order chi connectivity index (χ1) is 6.15. The Labute approximate surface area is 90.5 Å². The molecule has 0 radical (unpaired) electrons. The van der Waals surface area contributed by atoms with Crippen LogP contribution in [0.2, 0.25) is 5.02 Å². The average molecular weight is 263 g/mol. The van der Waals surface area contributed by atoms with E-state index in [4.69, 9.17) is 21.7 Å². The van der Waals surface area contributed by atoms with Gasteiger partial charge >= 0.3 is 0 Å². The standard InChI is InChI=1S/C9H9BrClNO/c1-2-13-9(12)7-4-3-6(11)5-8(7)10/h3-5,12H,2H2,1H3. The first-order valence-corrected chi connectivity index (χ1v) is 4.99. The van der Waals surface area contributed by atoms with Gasteiger partial charge in [0.25, 0.3) is 0 Å². The smallest absolute Gasteiger partial charge is 0.214 e. The Hall–Kier alpha value is -0.540. The van der Waals surface area contributed by atoms with Gasteiger partial charge in [-0.1, -0.05) is 11.6 Å². The number of rotatable bonds is 2. The molecule has 1 N–H and O–H groups in total. The third-order valence-electron chi connectivity index (χ3n) is 1.46. The Morgan fingerprint density at radius 2 is 2.31 bits per heavy atom. The molecule has 0 saturated carbocycles. The van der Waals surface area contributed by atoms with Gasteiger partial charge in [-0.3, -0.25) is 5.41 Å². The lowest BCUT2D eigenvalue weighted by Crippen LogP contribution is -2.05. The molecule has 0 aliphatic carbocycles. The molecule has 0 aliphatic heterocycles. The van der Waals surface area contributed by atoms with Crippen LogP contribution in [-0.2, 0) is 4.74 Å². The van der Waals surface area contributed by atoms with Crippen molar-refractivity contribution in [1.82, 2.24) is 0 Å². The summed E-state index contributed by atoms with van der Waals surface area (Å²) in [6.45, 7) is 2.34. The molecule has 0 bridgehead atoms. The van der Waals surface area contributed by atoms with Crippen molar-refractivity contribution >= 4 is 33.4 Å². The van der Waals surface area contributed by atoms with Crippen molar-refractivity contribution in [3.63, 3.8) is 0 Å². The molecular formula is C9H9BrClNO. The highest BCUT2D eigenvalue weighted by atomic mass is 79.9. The summed E-state index contributed by atoms with van der Waals surface area (Å²) in [7, 11) is 0. The predicted molar refractivity (Wildman–Crippen MR) is 57.6 cm³/mol. The van der Waals surface area contributed by atoms with Crippen LogP contribution in [0.25, 0.3) is 0 Å². The van der Waals surface area contributed by atoms with Crippen molar-refractivity contribution in [1.29, 1.82) is 5.41 Å². The van der Waals surface area contributed by atoms with Gasteiger partial charge in [-0.2, -0.15) is 0 Å². The van der Waals surface area contributed by atoms with Gasteiger partial charge < -0.3 is 4.74 Å². The van der Waals surface area contributed by atoms with E-state index in [-0.39, 0.29) is 5.90 Å². The summed E-state index contributed by atoms with van der Waals surface area (Å²) in [5.74, 6) is 0.158. The van der Waals surface area contributed by atoms with Gasteiger partial charge in [-0.25, -0.2) is 0 Å². The molecule has 0 aliphatic rings. The van der Waals surface area contributed by atoms with Gasteiger partial charge in [0.05, 0.1) is 12.2 Å². The van der Waals surface area contributed by atoms with E-state index in [0.29, 0.717) is 17.2 Å². The van der Waals surface area contributed by atoms with Crippen LogP contribution >= 0.6 is 27.5 Å². The van der Waals surface area contributed by atoms with Crippen molar-refractivity contribution in [2.24, 2.45) is 0 Å². The molecule has 0 saturated heterocycles. The van der Waals surface area contributed by atoms with Gasteiger partial charge in [-0.15, -0.1) is 0 Å². The van der Waals surface area contributed by atoms with E-state index >= 15 is 0 Å². The second-order valence-corrected chi connectivity index (χ2v) is 3.68. The highest BCUT2D eigenvalue weighted by Crippen LogP contribution is 2.22. The van der Waals surface area contributed by atoms with Crippen LogP contribution in [0.4, 0.5) is 0 Å². The third kappa shape index (κ3) is 2.71. The quantitative estimate of drug-likeness (QED) is 0.642. The molecule has 1 rings (SSSR count). The van der Waals surface area contributed by atoms with Crippen LogP contribution in [0, 0.1) is 5.41 Å². The maximum Gasteiger partial charge on any atom is 0.214 e. The molecule has 0 amide bonds. The van der Waals surface area contributed by atoms with Crippen molar-refractivity contribution in [3.8, 4) is 0 Å². The Balaban J connectivity index is 2.95. The van der Waals surface area contributed by atoms with E-state index in [1.165, 1.54) is 0 Å². The van der Waals surface area contributed by atoms with Crippen molar-refractivity contribution in [3.05, 3.63) is 33.3 Å². The molecule has 0 heterocycles. The van der Waals surface area contributed by atoms with Gasteiger partial charge in [0.2, 0.25) is 5.90 Å². The molecule has 0 fully saturated rings. The monoisotopic (exact) mass is 261 g/mol. The Morgan fingerprint density at radius 3 is 2.85 bits per heavy atom. The fourth-order valence-corrected chi connectivity index (χ4v) is 1.76. The summed E-state index contributed by atoms with van der Waals surface area (Å²) in [5, 5.41) is 8.18. The summed E-state index contributed by atoms with van der Waals surface area (Å²) in [6, 6.07) is 5.23. The summed E-state index contributed by atoms with van der Waals surface area (Å²) < 4.78 is 5.84. The minimum absolute atomic E-state index is 0.158. The zero-order valence-electron chi connectivity index (χ0n) is 7.10. The highest BCUT2D eigenvalue weighted by Gasteiger charge is 2.06. The minimum atomic E-state index is 0.158. The predicted octanol–water partition coefficient (Wildman–Crippen LogP) is 3.46. The maximum absolute atomic E-state index is 7.55. The fourth-order valence-electron chi connectivity index (χ4n) is 0.896. The van der Waals surface area contributed by atoms with Crippen LogP contribution in [0.15, 0.2) is 22.7 Å². The number of nitrogens with one attached hydrogen (secondary N) is 1. The van der Waals surface area contributed by atoms with Gasteiger partial charge in [0, 0.05) is 9.50 Å². The normalized spacial score (nSPS) is 9.77. The first kappa shape index (κ1) is 10.5. The molecular weight excluding hydrogens is 253 g/mol. The molecule has 0 unspecified atom stereocenters. The van der Waals surface area contributed by atoms with Crippen LogP contribution < -0.4 is 0 Å². The summed E-state index contributed by atoms with van der Waals surface area (Å²) >= 11 is 9.07. The molecule has 0 aromatic heterocycles. The summed E-state index contributed by atoms with van der Waals surface area (Å²) in [6.07, 6.45) is 0. The summed E-state index contributed by atoms with van der Waals surface area (Å²) in [4.78, 5) is 0. The molecule has 4 heteroatoms. The number of benzene rings is 1. The largest absolute Gasteiger partial charge is 0.478 e. The molecule has 2 nitrogen and oxygen atoms in total. The lowest BCUT2D eigenvalue weighted by Gasteiger charge is -2.06. The van der Waals surface area contributed by atoms with E-state index in [0.717, 1.165) is 4.47 Å². The fraction of sp³-hybridized carbons (Fsp3) is 0.222. The van der Waals surface area contributed by atoms with E-state index in [9.17, 15) is 0 Å². The van der Waals surface area contributed by atoms with E-state index in [1.54, 1.807) is 18.2 Å². The topological polar surface area (TPSA) is 33.1 Å². The third-order valence-corrected chi connectivity index (χ3v) is 2.36. The van der Waals surface area contributed by atoms with Crippen LogP contribution in [0.1, 0.15) is 12.5 Å². The minimum Gasteiger partial charge on any atom is -0.478 e. The Kier molecular flexibility index (Phi) is 3.75. The van der Waals surface area contributed by atoms with Crippen molar-refractivity contribution < 1.29 is 4.74 Å². The van der Waals surface area contributed by atoms with Crippen LogP contribution in [-0.4, -0.2) is 12.5 Å². The van der Waals surface area contributed by atoms with Crippen LogP contribution in [0.5, 0.6) is 0 Å². The van der Waals surface area contributed by atoms with Crippen molar-refractivity contribution in [2.75, 3.05) is 6.61 Å². The van der Waals surface area contributed by atoms with Crippen molar-refractivity contribution in [2.45, 2.75) is 6.92 Å². The maximum atomic E-state index is 7.55. The number of hydrogen-bond acceptors (Lipinski definition) is 2. The van der Waals surface area contributed by atoms with Gasteiger partial charge in [0.1, 0.15) is 0 Å². The molecule has 70 valence electrons. The molecule has 1 aromatic carbocycles. The van der Waals surface area contributed by atoms with Crippen LogP contribution in [0.3, 0.4) is 0 Å². The lowest BCUT2D eigenvalue weighted by molar-refractivity contribution is 0.325. The molecule has 1 aromatic rings. The molecule has 0 spiro atoms. The Bertz CT molecular complexity index is 327. The van der Waals surface area contributed by atoms with E-state index in [2.05, 4.69) is 15.9 Å². The molecule has 13 heavy (non-hydrogen) atoms. The number of halogens is 2. The SMILES string of the molecule is CCOC(=N)c1ccc(Cl)cc1Br. The zero-order valence-corrected chi connectivity index (χ0v) is 9.45. The first-order valence-electron chi connectivity index (χ1n) is 3.82. The lowest BCUT2D eigenvalue weighted by atomic mass is 10.2. The van der Waals surface area contributed by atoms with Gasteiger partial charge in [-0.05, 0) is 41.1 Å². The number of ether oxygens (including phenoxy) is 1. The van der Waals surface area contributed by atoms with E-state index < -0.39 is 0 Å². The Morgan fingerprint density at radius 1 is 1.62 bits per heavy atom. The number of hydrogen-bond donors (Lipinski definition) is 1.